The molecule has 0 bridgehead atoms. The number of aliphatic carboxylic acids is 1. The summed E-state index contributed by atoms with van der Waals surface area (Å²) in [6.45, 7) is 1.26. The number of amides is 2. The Kier molecular flexibility index (Phi) is 4.60. The molecular weight excluding hydrogens is 252 g/mol. The lowest BCUT2D eigenvalue weighted by Gasteiger charge is -2.16. The standard InChI is InChI=1S/C12H14N2O5/c1-6(15)9(12(18)19)14-11(17)8-4-2-7(3-5-8)10(13)16/h2-6,9,15H,1H3,(H2,13,16)(H,14,17)(H,18,19)/t6-,9+/m1/s1. The number of primary amides is 1. The van der Waals surface area contributed by atoms with Crippen LogP contribution in [-0.4, -0.2) is 40.1 Å². The van der Waals surface area contributed by atoms with Gasteiger partial charge < -0.3 is 21.3 Å². The monoisotopic (exact) mass is 266 g/mol. The first-order chi connectivity index (χ1) is 8.82. The molecule has 0 aliphatic carbocycles. The van der Waals surface area contributed by atoms with E-state index in [1.54, 1.807) is 0 Å². The van der Waals surface area contributed by atoms with Gasteiger partial charge in [-0.15, -0.1) is 0 Å². The molecule has 7 heteroatoms. The molecule has 0 unspecified atom stereocenters. The van der Waals surface area contributed by atoms with Crippen molar-refractivity contribution in [3.63, 3.8) is 0 Å². The Morgan fingerprint density at radius 2 is 1.63 bits per heavy atom. The van der Waals surface area contributed by atoms with Gasteiger partial charge in [-0.2, -0.15) is 0 Å². The van der Waals surface area contributed by atoms with E-state index in [9.17, 15) is 19.5 Å². The highest BCUT2D eigenvalue weighted by molar-refractivity contribution is 5.98. The van der Waals surface area contributed by atoms with Crippen LogP contribution in [0.5, 0.6) is 0 Å². The van der Waals surface area contributed by atoms with E-state index in [0.29, 0.717) is 0 Å². The molecule has 1 rings (SSSR count). The molecule has 0 aliphatic heterocycles. The summed E-state index contributed by atoms with van der Waals surface area (Å²) in [7, 11) is 0. The Morgan fingerprint density at radius 1 is 1.16 bits per heavy atom. The maximum Gasteiger partial charge on any atom is 0.328 e. The van der Waals surface area contributed by atoms with E-state index in [1.807, 2.05) is 0 Å². The van der Waals surface area contributed by atoms with Gasteiger partial charge in [0.05, 0.1) is 6.10 Å². The average Bonchev–Trinajstić information content (AvgIpc) is 2.34. The predicted molar refractivity (Wildman–Crippen MR) is 65.5 cm³/mol. The quantitative estimate of drug-likeness (QED) is 0.562. The molecule has 19 heavy (non-hydrogen) atoms. The van der Waals surface area contributed by atoms with Crippen molar-refractivity contribution in [2.75, 3.05) is 0 Å². The summed E-state index contributed by atoms with van der Waals surface area (Å²) in [6, 6.07) is 4.00. The van der Waals surface area contributed by atoms with Gasteiger partial charge in [-0.1, -0.05) is 0 Å². The van der Waals surface area contributed by atoms with E-state index < -0.39 is 29.9 Å². The van der Waals surface area contributed by atoms with Gasteiger partial charge in [-0.3, -0.25) is 9.59 Å². The number of aliphatic hydroxyl groups is 1. The minimum absolute atomic E-state index is 0.164. The molecule has 0 fully saturated rings. The number of rotatable bonds is 5. The normalized spacial score (nSPS) is 13.4. The van der Waals surface area contributed by atoms with Crippen LogP contribution in [0.25, 0.3) is 0 Å². The van der Waals surface area contributed by atoms with Crippen LogP contribution in [0.15, 0.2) is 24.3 Å². The molecule has 0 aromatic heterocycles. The minimum Gasteiger partial charge on any atom is -0.480 e. The lowest BCUT2D eigenvalue weighted by Crippen LogP contribution is -2.47. The fourth-order valence-electron chi connectivity index (χ4n) is 1.40. The summed E-state index contributed by atoms with van der Waals surface area (Å²) in [4.78, 5) is 33.4. The Balaban J connectivity index is 2.83. The van der Waals surface area contributed by atoms with Crippen LogP contribution in [0, 0.1) is 0 Å². The third kappa shape index (κ3) is 3.78. The molecule has 0 heterocycles. The van der Waals surface area contributed by atoms with Gasteiger partial charge in [0.1, 0.15) is 0 Å². The van der Waals surface area contributed by atoms with Crippen molar-refractivity contribution in [3.05, 3.63) is 35.4 Å². The largest absolute Gasteiger partial charge is 0.480 e. The summed E-state index contributed by atoms with van der Waals surface area (Å²) in [5.74, 6) is -2.62. The van der Waals surface area contributed by atoms with Crippen LogP contribution in [0.2, 0.25) is 0 Å². The fraction of sp³-hybridized carbons (Fsp3) is 0.250. The maximum absolute atomic E-state index is 11.7. The number of nitrogens with two attached hydrogens (primary N) is 1. The van der Waals surface area contributed by atoms with E-state index in [4.69, 9.17) is 10.8 Å². The molecule has 0 radical (unpaired) electrons. The number of carboxylic acids is 1. The van der Waals surface area contributed by atoms with E-state index in [2.05, 4.69) is 5.32 Å². The van der Waals surface area contributed by atoms with E-state index in [-0.39, 0.29) is 11.1 Å². The Labute approximate surface area is 109 Å². The van der Waals surface area contributed by atoms with E-state index >= 15 is 0 Å². The fourth-order valence-corrected chi connectivity index (χ4v) is 1.40. The number of carbonyl (C=O) groups excluding carboxylic acids is 2. The van der Waals surface area contributed by atoms with Crippen LogP contribution in [0.3, 0.4) is 0 Å². The smallest absolute Gasteiger partial charge is 0.328 e. The first-order valence-corrected chi connectivity index (χ1v) is 5.44. The lowest BCUT2D eigenvalue weighted by molar-refractivity contribution is -0.141. The number of hydrogen-bond acceptors (Lipinski definition) is 4. The lowest BCUT2D eigenvalue weighted by atomic mass is 10.1. The zero-order valence-corrected chi connectivity index (χ0v) is 10.2. The molecule has 102 valence electrons. The van der Waals surface area contributed by atoms with Crippen LogP contribution in [0.4, 0.5) is 0 Å². The molecule has 1 aromatic rings. The Bertz CT molecular complexity index is 495. The number of hydrogen-bond donors (Lipinski definition) is 4. The first kappa shape index (κ1) is 14.7. The highest BCUT2D eigenvalue weighted by atomic mass is 16.4. The van der Waals surface area contributed by atoms with Crippen molar-refractivity contribution in [3.8, 4) is 0 Å². The highest BCUT2D eigenvalue weighted by Crippen LogP contribution is 2.05. The average molecular weight is 266 g/mol. The molecule has 0 spiro atoms. The SMILES string of the molecule is C[C@@H](O)[C@H](NC(=O)c1ccc(C(N)=O)cc1)C(=O)O. The third-order valence-electron chi connectivity index (χ3n) is 2.47. The molecule has 7 nitrogen and oxygen atoms in total. The van der Waals surface area contributed by atoms with Crippen molar-refractivity contribution in [1.82, 2.24) is 5.32 Å². The van der Waals surface area contributed by atoms with Crippen molar-refractivity contribution >= 4 is 17.8 Å². The number of carboxylic acid groups (broad SMARTS) is 1. The Hall–Kier alpha value is -2.41. The zero-order chi connectivity index (χ0) is 14.6. The van der Waals surface area contributed by atoms with Crippen molar-refractivity contribution < 1.29 is 24.6 Å². The van der Waals surface area contributed by atoms with Crippen LogP contribution >= 0.6 is 0 Å². The number of nitrogens with one attached hydrogen (secondary N) is 1. The van der Waals surface area contributed by atoms with Gasteiger partial charge >= 0.3 is 5.97 Å². The summed E-state index contributed by atoms with van der Waals surface area (Å²) in [5.41, 5.74) is 5.45. The van der Waals surface area contributed by atoms with Gasteiger partial charge in [-0.05, 0) is 31.2 Å². The van der Waals surface area contributed by atoms with Crippen LogP contribution in [-0.2, 0) is 4.79 Å². The molecular formula is C12H14N2O5. The minimum atomic E-state index is -1.40. The van der Waals surface area contributed by atoms with E-state index in [0.717, 1.165) is 0 Å². The molecule has 0 saturated heterocycles. The van der Waals surface area contributed by atoms with Gasteiger partial charge in [0.25, 0.3) is 5.91 Å². The second-order valence-electron chi connectivity index (χ2n) is 3.97. The molecule has 5 N–H and O–H groups in total. The number of carbonyl (C=O) groups is 3. The van der Waals surface area contributed by atoms with Crippen molar-refractivity contribution in [2.24, 2.45) is 5.73 Å². The number of aliphatic hydroxyl groups excluding tert-OH is 1. The van der Waals surface area contributed by atoms with Crippen LogP contribution in [0.1, 0.15) is 27.6 Å². The summed E-state index contributed by atoms with van der Waals surface area (Å²) >= 11 is 0. The first-order valence-electron chi connectivity index (χ1n) is 5.44. The molecule has 0 saturated carbocycles. The summed E-state index contributed by atoms with van der Waals surface area (Å²) in [6.07, 6.45) is -1.23. The topological polar surface area (TPSA) is 130 Å². The van der Waals surface area contributed by atoms with Gasteiger partial charge in [0, 0.05) is 11.1 Å². The molecule has 2 atom stereocenters. The van der Waals surface area contributed by atoms with Crippen molar-refractivity contribution in [2.45, 2.75) is 19.1 Å². The molecule has 2 amide bonds. The van der Waals surface area contributed by atoms with E-state index in [1.165, 1.54) is 31.2 Å². The second kappa shape index (κ2) is 5.96. The van der Waals surface area contributed by atoms with Gasteiger partial charge in [0.15, 0.2) is 6.04 Å². The zero-order valence-electron chi connectivity index (χ0n) is 10.2. The Morgan fingerprint density at radius 3 is 2.00 bits per heavy atom. The predicted octanol–water partition coefficient (Wildman–Crippen LogP) is -0.651. The van der Waals surface area contributed by atoms with Crippen molar-refractivity contribution in [1.29, 1.82) is 0 Å². The van der Waals surface area contributed by atoms with Gasteiger partial charge in [0.2, 0.25) is 5.91 Å². The summed E-state index contributed by atoms with van der Waals surface area (Å²) < 4.78 is 0. The molecule has 0 aliphatic rings. The number of benzene rings is 1. The van der Waals surface area contributed by atoms with Gasteiger partial charge in [-0.25, -0.2) is 4.79 Å². The summed E-state index contributed by atoms with van der Waals surface area (Å²) in [5, 5.41) is 20.2. The maximum atomic E-state index is 11.7. The third-order valence-corrected chi connectivity index (χ3v) is 2.47. The second-order valence-corrected chi connectivity index (χ2v) is 3.97. The molecule has 1 aromatic carbocycles. The highest BCUT2D eigenvalue weighted by Gasteiger charge is 2.25. The van der Waals surface area contributed by atoms with Crippen LogP contribution < -0.4 is 11.1 Å².